The highest BCUT2D eigenvalue weighted by molar-refractivity contribution is 5.19. The van der Waals surface area contributed by atoms with Gasteiger partial charge >= 0.3 is 0 Å². The predicted octanol–water partition coefficient (Wildman–Crippen LogP) is 2.90. The Bertz CT molecular complexity index is 556. The average Bonchev–Trinajstić information content (AvgIpc) is 2.87. The van der Waals surface area contributed by atoms with Gasteiger partial charge in [-0.25, -0.2) is 4.39 Å². The lowest BCUT2D eigenvalue weighted by atomic mass is 9.98. The Hall–Kier alpha value is -1.75. The van der Waals surface area contributed by atoms with Crippen LogP contribution in [0.2, 0.25) is 0 Å². The number of halogens is 1. The summed E-state index contributed by atoms with van der Waals surface area (Å²) in [7, 11) is 1.91. The van der Waals surface area contributed by atoms with Crippen LogP contribution in [-0.4, -0.2) is 23.2 Å². The molecular formula is C15H20FN3O. The topological polar surface area (TPSA) is 51.0 Å². The van der Waals surface area contributed by atoms with Crippen molar-refractivity contribution in [2.24, 2.45) is 0 Å². The number of nitrogens with one attached hydrogen (secondary N) is 1. The fourth-order valence-electron chi connectivity index (χ4n) is 2.26. The Morgan fingerprint density at radius 3 is 2.85 bits per heavy atom. The number of benzene rings is 1. The van der Waals surface area contributed by atoms with Crippen LogP contribution in [0.5, 0.6) is 0 Å². The second kappa shape index (κ2) is 6.61. The highest BCUT2D eigenvalue weighted by Crippen LogP contribution is 2.22. The van der Waals surface area contributed by atoms with Gasteiger partial charge in [-0.05, 0) is 38.1 Å². The van der Waals surface area contributed by atoms with Gasteiger partial charge in [0.15, 0.2) is 5.82 Å². The van der Waals surface area contributed by atoms with Crippen LogP contribution in [-0.2, 0) is 6.42 Å². The minimum atomic E-state index is -0.249. The molecule has 0 aliphatic rings. The van der Waals surface area contributed by atoms with Gasteiger partial charge in [0.05, 0.1) is 5.92 Å². The number of nitrogens with zero attached hydrogens (tertiary/aromatic N) is 2. The molecule has 0 fully saturated rings. The van der Waals surface area contributed by atoms with Crippen LogP contribution in [0.4, 0.5) is 4.39 Å². The molecule has 4 nitrogen and oxygen atoms in total. The predicted molar refractivity (Wildman–Crippen MR) is 75.1 cm³/mol. The molecule has 1 aromatic heterocycles. The van der Waals surface area contributed by atoms with Gasteiger partial charge in [0.1, 0.15) is 5.82 Å². The first-order valence-electron chi connectivity index (χ1n) is 6.88. The lowest BCUT2D eigenvalue weighted by Crippen LogP contribution is -2.28. The number of hydrogen-bond acceptors (Lipinski definition) is 4. The smallest absolute Gasteiger partial charge is 0.231 e. The van der Waals surface area contributed by atoms with E-state index in [2.05, 4.69) is 29.3 Å². The van der Waals surface area contributed by atoms with Gasteiger partial charge in [0, 0.05) is 12.5 Å². The summed E-state index contributed by atoms with van der Waals surface area (Å²) in [5.41, 5.74) is 0.840. The van der Waals surface area contributed by atoms with Gasteiger partial charge < -0.3 is 9.84 Å². The molecule has 1 N–H and O–H groups in total. The van der Waals surface area contributed by atoms with Crippen molar-refractivity contribution in [3.8, 4) is 0 Å². The second-order valence-corrected chi connectivity index (χ2v) is 4.95. The van der Waals surface area contributed by atoms with E-state index in [1.54, 1.807) is 6.07 Å². The Labute approximate surface area is 118 Å². The van der Waals surface area contributed by atoms with Crippen LogP contribution < -0.4 is 5.32 Å². The maximum Gasteiger partial charge on any atom is 0.231 e. The lowest BCUT2D eigenvalue weighted by molar-refractivity contribution is 0.320. The van der Waals surface area contributed by atoms with Crippen molar-refractivity contribution in [3.63, 3.8) is 0 Å². The van der Waals surface area contributed by atoms with Crippen molar-refractivity contribution < 1.29 is 8.91 Å². The van der Waals surface area contributed by atoms with E-state index in [4.69, 9.17) is 4.52 Å². The molecule has 20 heavy (non-hydrogen) atoms. The van der Waals surface area contributed by atoms with Crippen LogP contribution in [0.15, 0.2) is 28.8 Å². The van der Waals surface area contributed by atoms with Gasteiger partial charge in [0.2, 0.25) is 5.89 Å². The highest BCUT2D eigenvalue weighted by atomic mass is 19.1. The van der Waals surface area contributed by atoms with Crippen LogP contribution in [0.25, 0.3) is 0 Å². The molecule has 0 aliphatic heterocycles. The summed E-state index contributed by atoms with van der Waals surface area (Å²) >= 11 is 0. The third kappa shape index (κ3) is 3.42. The van der Waals surface area contributed by atoms with E-state index in [0.29, 0.717) is 18.1 Å². The quantitative estimate of drug-likeness (QED) is 0.882. The Kier molecular flexibility index (Phi) is 4.84. The number of likely N-dealkylation sites (N-methyl/N-ethyl adjacent to an activating group) is 1. The number of hydrogen-bond donors (Lipinski definition) is 1. The molecule has 2 aromatic rings. The first kappa shape index (κ1) is 14.7. The summed E-state index contributed by atoms with van der Waals surface area (Å²) in [6.07, 6.45) is 1.40. The Morgan fingerprint density at radius 1 is 1.40 bits per heavy atom. The second-order valence-electron chi connectivity index (χ2n) is 4.95. The van der Waals surface area contributed by atoms with Crippen molar-refractivity contribution in [1.29, 1.82) is 0 Å². The van der Waals surface area contributed by atoms with E-state index in [1.807, 2.05) is 13.1 Å². The molecule has 2 rings (SSSR count). The molecule has 1 heterocycles. The van der Waals surface area contributed by atoms with Gasteiger partial charge in [0.25, 0.3) is 0 Å². The summed E-state index contributed by atoms with van der Waals surface area (Å²) in [6.45, 7) is 4.18. The number of rotatable bonds is 6. The molecule has 1 aromatic carbocycles. The molecule has 2 atom stereocenters. The summed E-state index contributed by atoms with van der Waals surface area (Å²) in [5, 5.41) is 7.19. The molecule has 0 bridgehead atoms. The first-order chi connectivity index (χ1) is 9.63. The summed E-state index contributed by atoms with van der Waals surface area (Å²) < 4.78 is 18.5. The molecule has 2 unspecified atom stereocenters. The van der Waals surface area contributed by atoms with Gasteiger partial charge in [-0.2, -0.15) is 4.98 Å². The van der Waals surface area contributed by atoms with Gasteiger partial charge in [-0.1, -0.05) is 24.2 Å². The van der Waals surface area contributed by atoms with E-state index >= 15 is 0 Å². The van der Waals surface area contributed by atoms with Crippen molar-refractivity contribution in [1.82, 2.24) is 15.5 Å². The first-order valence-corrected chi connectivity index (χ1v) is 6.88. The fourth-order valence-corrected chi connectivity index (χ4v) is 2.26. The van der Waals surface area contributed by atoms with Crippen LogP contribution in [0, 0.1) is 5.82 Å². The summed E-state index contributed by atoms with van der Waals surface area (Å²) in [6, 6.07) is 6.72. The average molecular weight is 277 g/mol. The van der Waals surface area contributed by atoms with Crippen molar-refractivity contribution in [2.45, 2.75) is 38.6 Å². The van der Waals surface area contributed by atoms with E-state index in [1.165, 1.54) is 12.1 Å². The third-order valence-corrected chi connectivity index (χ3v) is 3.55. The molecule has 0 saturated heterocycles. The summed E-state index contributed by atoms with van der Waals surface area (Å²) in [5.74, 6) is 1.17. The molecular weight excluding hydrogens is 257 g/mol. The molecule has 108 valence electrons. The zero-order chi connectivity index (χ0) is 14.5. The zero-order valence-electron chi connectivity index (χ0n) is 12.1. The minimum absolute atomic E-state index is 0.189. The lowest BCUT2D eigenvalue weighted by Gasteiger charge is -2.17. The van der Waals surface area contributed by atoms with E-state index in [-0.39, 0.29) is 17.8 Å². The van der Waals surface area contributed by atoms with Crippen LogP contribution in [0.3, 0.4) is 0 Å². The Morgan fingerprint density at radius 2 is 2.20 bits per heavy atom. The molecule has 5 heteroatoms. The Balaban J connectivity index is 2.12. The maximum absolute atomic E-state index is 13.1. The molecule has 0 aliphatic carbocycles. The molecule has 0 radical (unpaired) electrons. The summed E-state index contributed by atoms with van der Waals surface area (Å²) in [4.78, 5) is 4.44. The number of aromatic nitrogens is 2. The standard InChI is InChI=1S/C15H20FN3O/c1-4-13(10(2)17-3)15-18-14(19-20-15)9-11-6-5-7-12(16)8-11/h5-8,10,13,17H,4,9H2,1-3H3. The van der Waals surface area contributed by atoms with Crippen molar-refractivity contribution >= 4 is 0 Å². The van der Waals surface area contributed by atoms with Gasteiger partial charge in [-0.3, -0.25) is 0 Å². The highest BCUT2D eigenvalue weighted by Gasteiger charge is 2.22. The van der Waals surface area contributed by atoms with Crippen molar-refractivity contribution in [2.75, 3.05) is 7.05 Å². The maximum atomic E-state index is 13.1. The van der Waals surface area contributed by atoms with E-state index < -0.39 is 0 Å². The van der Waals surface area contributed by atoms with Crippen LogP contribution >= 0.6 is 0 Å². The van der Waals surface area contributed by atoms with E-state index in [0.717, 1.165) is 12.0 Å². The monoisotopic (exact) mass is 277 g/mol. The third-order valence-electron chi connectivity index (χ3n) is 3.55. The van der Waals surface area contributed by atoms with Gasteiger partial charge in [-0.15, -0.1) is 0 Å². The largest absolute Gasteiger partial charge is 0.339 e. The zero-order valence-corrected chi connectivity index (χ0v) is 12.1. The molecule has 0 saturated carbocycles. The minimum Gasteiger partial charge on any atom is -0.339 e. The normalized spacial score (nSPS) is 14.2. The fraction of sp³-hybridized carbons (Fsp3) is 0.467. The molecule has 0 spiro atoms. The molecule has 0 amide bonds. The SMILES string of the molecule is CCC(c1nc(Cc2cccc(F)c2)no1)C(C)NC. The van der Waals surface area contributed by atoms with Crippen molar-refractivity contribution in [3.05, 3.63) is 47.4 Å². The van der Waals surface area contributed by atoms with E-state index in [9.17, 15) is 4.39 Å². The van der Waals surface area contributed by atoms with Crippen LogP contribution in [0.1, 0.15) is 43.5 Å².